The summed E-state index contributed by atoms with van der Waals surface area (Å²) in [5.41, 5.74) is -0.872. The van der Waals surface area contributed by atoms with Gasteiger partial charge in [-0.25, -0.2) is 4.39 Å². The van der Waals surface area contributed by atoms with Gasteiger partial charge in [-0.05, 0) is 42.8 Å². The Balaban J connectivity index is 2.48. The second-order valence-electron chi connectivity index (χ2n) is 4.27. The maximum absolute atomic E-state index is 13.2. The molecule has 0 bridgehead atoms. The van der Waals surface area contributed by atoms with Gasteiger partial charge >= 0.3 is 6.18 Å². The zero-order chi connectivity index (χ0) is 14.9. The standard InChI is InChI=1S/C14H9F4NO/c1-8-2-3-19-12(4-8)13(20)9-5-10(14(16,17)18)7-11(15)6-9/h2-7H,1H3. The number of aromatic nitrogens is 1. The summed E-state index contributed by atoms with van der Waals surface area (Å²) in [5, 5.41) is 0. The van der Waals surface area contributed by atoms with E-state index in [0.717, 1.165) is 11.6 Å². The number of hydrogen-bond acceptors (Lipinski definition) is 2. The Kier molecular flexibility index (Phi) is 3.57. The molecule has 2 nitrogen and oxygen atoms in total. The van der Waals surface area contributed by atoms with E-state index in [2.05, 4.69) is 4.98 Å². The van der Waals surface area contributed by atoms with Gasteiger partial charge in [0.1, 0.15) is 11.5 Å². The van der Waals surface area contributed by atoms with E-state index in [9.17, 15) is 22.4 Å². The van der Waals surface area contributed by atoms with Crippen LogP contribution in [-0.2, 0) is 6.18 Å². The number of hydrogen-bond donors (Lipinski definition) is 0. The highest BCUT2D eigenvalue weighted by molar-refractivity contribution is 6.07. The Morgan fingerprint density at radius 1 is 1.15 bits per heavy atom. The average Bonchev–Trinajstić information content (AvgIpc) is 2.36. The molecule has 0 radical (unpaired) electrons. The van der Waals surface area contributed by atoms with E-state index in [1.807, 2.05) is 0 Å². The summed E-state index contributed by atoms with van der Waals surface area (Å²) in [6, 6.07) is 4.81. The van der Waals surface area contributed by atoms with Crippen molar-refractivity contribution in [3.63, 3.8) is 0 Å². The molecule has 20 heavy (non-hydrogen) atoms. The zero-order valence-electron chi connectivity index (χ0n) is 10.3. The molecule has 0 aliphatic rings. The molecule has 104 valence electrons. The first-order chi connectivity index (χ1) is 9.27. The SMILES string of the molecule is Cc1ccnc(C(=O)c2cc(F)cc(C(F)(F)F)c2)c1. The quantitative estimate of drug-likeness (QED) is 0.620. The van der Waals surface area contributed by atoms with Crippen LogP contribution in [0.4, 0.5) is 17.6 Å². The molecule has 2 aromatic rings. The minimum atomic E-state index is -4.71. The van der Waals surface area contributed by atoms with Crippen molar-refractivity contribution in [1.29, 1.82) is 0 Å². The Bertz CT molecular complexity index is 664. The normalized spacial score (nSPS) is 11.4. The highest BCUT2D eigenvalue weighted by Gasteiger charge is 2.32. The number of rotatable bonds is 2. The maximum Gasteiger partial charge on any atom is 0.416 e. The molecular formula is C14H9F4NO. The smallest absolute Gasteiger partial charge is 0.287 e. The predicted octanol–water partition coefficient (Wildman–Crippen LogP) is 3.78. The third-order valence-corrected chi connectivity index (χ3v) is 2.64. The number of benzene rings is 1. The van der Waals surface area contributed by atoms with Crippen LogP contribution in [0.3, 0.4) is 0 Å². The molecule has 0 unspecified atom stereocenters. The molecule has 0 atom stereocenters. The van der Waals surface area contributed by atoms with E-state index in [0.29, 0.717) is 12.1 Å². The molecule has 1 aromatic heterocycles. The van der Waals surface area contributed by atoms with Gasteiger partial charge in [0.15, 0.2) is 0 Å². The molecule has 0 N–H and O–H groups in total. The van der Waals surface area contributed by atoms with Gasteiger partial charge in [0.25, 0.3) is 0 Å². The summed E-state index contributed by atoms with van der Waals surface area (Å²) < 4.78 is 51.0. The fourth-order valence-corrected chi connectivity index (χ4v) is 1.69. The fraction of sp³-hybridized carbons (Fsp3) is 0.143. The largest absolute Gasteiger partial charge is 0.416 e. The van der Waals surface area contributed by atoms with Crippen LogP contribution < -0.4 is 0 Å². The lowest BCUT2D eigenvalue weighted by atomic mass is 10.0. The number of ketones is 1. The predicted molar refractivity (Wildman–Crippen MR) is 63.8 cm³/mol. The lowest BCUT2D eigenvalue weighted by Crippen LogP contribution is -2.10. The molecule has 0 spiro atoms. The first-order valence-electron chi connectivity index (χ1n) is 5.62. The highest BCUT2D eigenvalue weighted by atomic mass is 19.4. The van der Waals surface area contributed by atoms with Crippen LogP contribution in [0.25, 0.3) is 0 Å². The first-order valence-corrected chi connectivity index (χ1v) is 5.62. The Labute approximate surface area is 112 Å². The Morgan fingerprint density at radius 2 is 1.85 bits per heavy atom. The molecule has 0 amide bonds. The van der Waals surface area contributed by atoms with Crippen molar-refractivity contribution in [3.05, 3.63) is 64.7 Å². The van der Waals surface area contributed by atoms with Crippen molar-refractivity contribution in [2.45, 2.75) is 13.1 Å². The minimum Gasteiger partial charge on any atom is -0.287 e. The van der Waals surface area contributed by atoms with E-state index in [1.165, 1.54) is 12.3 Å². The van der Waals surface area contributed by atoms with Crippen LogP contribution in [-0.4, -0.2) is 10.8 Å². The van der Waals surface area contributed by atoms with Crippen molar-refractivity contribution in [1.82, 2.24) is 4.98 Å². The minimum absolute atomic E-state index is 0.0243. The van der Waals surface area contributed by atoms with Gasteiger partial charge in [-0.15, -0.1) is 0 Å². The molecule has 0 aliphatic heterocycles. The van der Waals surface area contributed by atoms with Crippen LogP contribution in [0, 0.1) is 12.7 Å². The van der Waals surface area contributed by atoms with Crippen molar-refractivity contribution in [2.24, 2.45) is 0 Å². The van der Waals surface area contributed by atoms with Gasteiger partial charge in [0.2, 0.25) is 5.78 Å². The summed E-state index contributed by atoms with van der Waals surface area (Å²) in [7, 11) is 0. The molecule has 0 aliphatic carbocycles. The van der Waals surface area contributed by atoms with Crippen molar-refractivity contribution < 1.29 is 22.4 Å². The molecule has 0 saturated carbocycles. The van der Waals surface area contributed by atoms with Gasteiger partial charge in [0.05, 0.1) is 5.56 Å². The number of pyridine rings is 1. The number of nitrogens with zero attached hydrogens (tertiary/aromatic N) is 1. The van der Waals surface area contributed by atoms with Crippen LogP contribution in [0.5, 0.6) is 0 Å². The summed E-state index contributed by atoms with van der Waals surface area (Å²) >= 11 is 0. The van der Waals surface area contributed by atoms with E-state index < -0.39 is 23.3 Å². The van der Waals surface area contributed by atoms with Crippen LogP contribution in [0.15, 0.2) is 36.5 Å². The van der Waals surface area contributed by atoms with Gasteiger partial charge in [0, 0.05) is 11.8 Å². The van der Waals surface area contributed by atoms with Gasteiger partial charge in [-0.3, -0.25) is 9.78 Å². The van der Waals surface area contributed by atoms with Crippen molar-refractivity contribution in [2.75, 3.05) is 0 Å². The van der Waals surface area contributed by atoms with Crippen LogP contribution in [0.2, 0.25) is 0 Å². The maximum atomic E-state index is 13.2. The highest BCUT2D eigenvalue weighted by Crippen LogP contribution is 2.30. The molecule has 6 heteroatoms. The van der Waals surface area contributed by atoms with Crippen LogP contribution in [0.1, 0.15) is 27.2 Å². The summed E-state index contributed by atoms with van der Waals surface area (Å²) in [5.74, 6) is -1.87. The van der Waals surface area contributed by atoms with Gasteiger partial charge in [-0.2, -0.15) is 13.2 Å². The van der Waals surface area contributed by atoms with Crippen molar-refractivity contribution >= 4 is 5.78 Å². The topological polar surface area (TPSA) is 30.0 Å². The van der Waals surface area contributed by atoms with E-state index >= 15 is 0 Å². The summed E-state index contributed by atoms with van der Waals surface area (Å²) in [6.07, 6.45) is -3.34. The number of aryl methyl sites for hydroxylation is 1. The first kappa shape index (κ1) is 14.2. The van der Waals surface area contributed by atoms with Crippen molar-refractivity contribution in [3.8, 4) is 0 Å². The second kappa shape index (κ2) is 5.03. The third-order valence-electron chi connectivity index (χ3n) is 2.64. The van der Waals surface area contributed by atoms with E-state index in [4.69, 9.17) is 0 Å². The monoisotopic (exact) mass is 283 g/mol. The number of carbonyl (C=O) groups is 1. The average molecular weight is 283 g/mol. The summed E-state index contributed by atoms with van der Waals surface area (Å²) in [4.78, 5) is 15.8. The lowest BCUT2D eigenvalue weighted by Gasteiger charge is -2.09. The van der Waals surface area contributed by atoms with Gasteiger partial charge < -0.3 is 0 Å². The lowest BCUT2D eigenvalue weighted by molar-refractivity contribution is -0.137. The number of alkyl halides is 3. The molecule has 1 aromatic carbocycles. The number of halogens is 4. The van der Waals surface area contributed by atoms with E-state index in [1.54, 1.807) is 13.0 Å². The van der Waals surface area contributed by atoms with Crippen LogP contribution >= 0.6 is 0 Å². The van der Waals surface area contributed by atoms with E-state index in [-0.39, 0.29) is 11.3 Å². The molecular weight excluding hydrogens is 274 g/mol. The molecule has 2 rings (SSSR count). The summed E-state index contributed by atoms with van der Waals surface area (Å²) in [6.45, 7) is 1.71. The zero-order valence-corrected chi connectivity index (χ0v) is 10.3. The fourth-order valence-electron chi connectivity index (χ4n) is 1.69. The molecule has 0 fully saturated rings. The number of carbonyl (C=O) groups excluding carboxylic acids is 1. The van der Waals surface area contributed by atoms with Gasteiger partial charge in [-0.1, -0.05) is 0 Å². The molecule has 1 heterocycles. The Hall–Kier alpha value is -2.24. The Morgan fingerprint density at radius 3 is 2.45 bits per heavy atom. The second-order valence-corrected chi connectivity index (χ2v) is 4.27. The molecule has 0 saturated heterocycles. The third kappa shape index (κ3) is 3.01.